The van der Waals surface area contributed by atoms with Gasteiger partial charge in [0.2, 0.25) is 0 Å². The van der Waals surface area contributed by atoms with Gasteiger partial charge in [0.25, 0.3) is 5.91 Å². The van der Waals surface area contributed by atoms with Crippen LogP contribution in [0.5, 0.6) is 0 Å². The SMILES string of the molecule is C[C@H](NC(=O)c1ccc(Br)cn1)[C@@H](c1ccccc1)N(C)C. The third-order valence-electron chi connectivity index (χ3n) is 3.49. The fourth-order valence-corrected chi connectivity index (χ4v) is 2.79. The van der Waals surface area contributed by atoms with Crippen molar-refractivity contribution in [3.8, 4) is 0 Å². The summed E-state index contributed by atoms with van der Waals surface area (Å²) in [6, 6.07) is 13.7. The van der Waals surface area contributed by atoms with Crippen LogP contribution in [0.15, 0.2) is 53.1 Å². The lowest BCUT2D eigenvalue weighted by Crippen LogP contribution is -2.42. The number of pyridine rings is 1. The third-order valence-corrected chi connectivity index (χ3v) is 3.96. The van der Waals surface area contributed by atoms with E-state index in [0.29, 0.717) is 5.69 Å². The Bertz CT molecular complexity index is 614. The summed E-state index contributed by atoms with van der Waals surface area (Å²) in [5.74, 6) is -0.164. The number of carbonyl (C=O) groups excluding carboxylic acids is 1. The molecule has 22 heavy (non-hydrogen) atoms. The molecule has 5 heteroatoms. The number of rotatable bonds is 5. The second-order valence-electron chi connectivity index (χ2n) is 5.44. The Morgan fingerprint density at radius 3 is 2.41 bits per heavy atom. The van der Waals surface area contributed by atoms with Crippen LogP contribution in [-0.2, 0) is 0 Å². The van der Waals surface area contributed by atoms with Gasteiger partial charge in [0, 0.05) is 16.7 Å². The molecule has 0 saturated heterocycles. The summed E-state index contributed by atoms with van der Waals surface area (Å²) in [5, 5.41) is 3.04. The Labute approximate surface area is 139 Å². The number of hydrogen-bond donors (Lipinski definition) is 1. The largest absolute Gasteiger partial charge is 0.346 e. The van der Waals surface area contributed by atoms with Gasteiger partial charge in [-0.15, -0.1) is 0 Å². The standard InChI is InChI=1S/C17H20BrN3O/c1-12(16(21(2)3)13-7-5-4-6-8-13)20-17(22)15-10-9-14(18)11-19-15/h4-12,16H,1-3H3,(H,20,22)/t12-,16-/m0/s1. The highest BCUT2D eigenvalue weighted by Crippen LogP contribution is 2.22. The monoisotopic (exact) mass is 361 g/mol. The van der Waals surface area contributed by atoms with Gasteiger partial charge >= 0.3 is 0 Å². The number of halogens is 1. The van der Waals surface area contributed by atoms with Gasteiger partial charge in [-0.2, -0.15) is 0 Å². The number of aromatic nitrogens is 1. The van der Waals surface area contributed by atoms with Gasteiger partial charge < -0.3 is 10.2 Å². The molecule has 1 N–H and O–H groups in total. The number of amides is 1. The predicted molar refractivity (Wildman–Crippen MR) is 91.7 cm³/mol. The fourth-order valence-electron chi connectivity index (χ4n) is 2.55. The zero-order valence-electron chi connectivity index (χ0n) is 13.0. The van der Waals surface area contributed by atoms with E-state index in [1.807, 2.05) is 45.3 Å². The number of nitrogens with one attached hydrogen (secondary N) is 1. The number of carbonyl (C=O) groups is 1. The lowest BCUT2D eigenvalue weighted by molar-refractivity contribution is 0.0910. The lowest BCUT2D eigenvalue weighted by Gasteiger charge is -2.31. The molecule has 0 spiro atoms. The molecule has 0 aliphatic carbocycles. The minimum absolute atomic E-state index is 0.0460. The quantitative estimate of drug-likeness (QED) is 0.888. The maximum Gasteiger partial charge on any atom is 0.270 e. The molecule has 2 atom stereocenters. The molecule has 4 nitrogen and oxygen atoms in total. The molecule has 116 valence electrons. The third kappa shape index (κ3) is 4.15. The van der Waals surface area contributed by atoms with E-state index in [9.17, 15) is 4.79 Å². The molecule has 0 unspecified atom stereocenters. The summed E-state index contributed by atoms with van der Waals surface area (Å²) >= 11 is 3.32. The van der Waals surface area contributed by atoms with Gasteiger partial charge in [-0.3, -0.25) is 4.79 Å². The molecule has 0 aliphatic rings. The maximum absolute atomic E-state index is 12.3. The van der Waals surface area contributed by atoms with Gasteiger partial charge in [-0.25, -0.2) is 4.98 Å². The second-order valence-corrected chi connectivity index (χ2v) is 6.36. The zero-order valence-corrected chi connectivity index (χ0v) is 14.5. The van der Waals surface area contributed by atoms with Crippen molar-refractivity contribution in [2.45, 2.75) is 19.0 Å². The van der Waals surface area contributed by atoms with Crippen molar-refractivity contribution >= 4 is 21.8 Å². The van der Waals surface area contributed by atoms with Gasteiger partial charge in [0.1, 0.15) is 5.69 Å². The minimum Gasteiger partial charge on any atom is -0.346 e. The summed E-state index contributed by atoms with van der Waals surface area (Å²) in [4.78, 5) is 18.6. The molecule has 2 rings (SSSR count). The lowest BCUT2D eigenvalue weighted by atomic mass is 9.99. The van der Waals surface area contributed by atoms with Crippen LogP contribution in [-0.4, -0.2) is 35.9 Å². The fraction of sp³-hybridized carbons (Fsp3) is 0.294. The summed E-state index contributed by atoms with van der Waals surface area (Å²) in [7, 11) is 4.02. The summed E-state index contributed by atoms with van der Waals surface area (Å²) < 4.78 is 0.854. The Morgan fingerprint density at radius 2 is 1.86 bits per heavy atom. The van der Waals surface area contributed by atoms with E-state index in [1.54, 1.807) is 12.3 Å². The Hall–Kier alpha value is -1.72. The van der Waals surface area contributed by atoms with Crippen LogP contribution in [0.25, 0.3) is 0 Å². The summed E-state index contributed by atoms with van der Waals surface area (Å²) in [6.07, 6.45) is 1.63. The van der Waals surface area contributed by atoms with Crippen molar-refractivity contribution in [3.05, 3.63) is 64.4 Å². The van der Waals surface area contributed by atoms with Gasteiger partial charge in [-0.1, -0.05) is 30.3 Å². The molecular weight excluding hydrogens is 342 g/mol. The van der Waals surface area contributed by atoms with Crippen molar-refractivity contribution in [1.29, 1.82) is 0 Å². The van der Waals surface area contributed by atoms with Gasteiger partial charge in [-0.05, 0) is 54.6 Å². The van der Waals surface area contributed by atoms with E-state index in [2.05, 4.69) is 43.3 Å². The Morgan fingerprint density at radius 1 is 1.18 bits per heavy atom. The van der Waals surface area contributed by atoms with Gasteiger partial charge in [0.05, 0.1) is 6.04 Å². The van der Waals surface area contributed by atoms with E-state index >= 15 is 0 Å². The molecule has 1 aromatic heterocycles. The zero-order chi connectivity index (χ0) is 16.1. The molecule has 2 aromatic rings. The Kier molecular flexibility index (Phi) is 5.69. The van der Waals surface area contributed by atoms with Crippen LogP contribution in [0.3, 0.4) is 0 Å². The molecule has 1 aromatic carbocycles. The maximum atomic E-state index is 12.3. The molecule has 0 fully saturated rings. The first-order valence-corrected chi connectivity index (χ1v) is 7.92. The van der Waals surface area contributed by atoms with Crippen LogP contribution in [0.4, 0.5) is 0 Å². The normalized spacial score (nSPS) is 13.7. The van der Waals surface area contributed by atoms with Crippen LogP contribution < -0.4 is 5.32 Å². The highest BCUT2D eigenvalue weighted by atomic mass is 79.9. The Balaban J connectivity index is 2.13. The van der Waals surface area contributed by atoms with Crippen molar-refractivity contribution in [2.24, 2.45) is 0 Å². The van der Waals surface area contributed by atoms with Crippen molar-refractivity contribution in [1.82, 2.24) is 15.2 Å². The van der Waals surface area contributed by atoms with Crippen LogP contribution >= 0.6 is 15.9 Å². The molecule has 0 radical (unpaired) electrons. The first-order valence-electron chi connectivity index (χ1n) is 7.13. The first kappa shape index (κ1) is 16.6. The van der Waals surface area contributed by atoms with Crippen molar-refractivity contribution in [2.75, 3.05) is 14.1 Å². The van der Waals surface area contributed by atoms with E-state index in [0.717, 1.165) is 4.47 Å². The molecule has 1 amide bonds. The van der Waals surface area contributed by atoms with Crippen molar-refractivity contribution < 1.29 is 4.79 Å². The van der Waals surface area contributed by atoms with E-state index < -0.39 is 0 Å². The molecule has 0 bridgehead atoms. The van der Waals surface area contributed by atoms with Crippen molar-refractivity contribution in [3.63, 3.8) is 0 Å². The molecular formula is C17H20BrN3O. The van der Waals surface area contributed by atoms with Crippen LogP contribution in [0.2, 0.25) is 0 Å². The van der Waals surface area contributed by atoms with Crippen LogP contribution in [0, 0.1) is 0 Å². The number of likely N-dealkylation sites (N-methyl/N-ethyl adjacent to an activating group) is 1. The van der Waals surface area contributed by atoms with E-state index in [4.69, 9.17) is 0 Å². The first-order chi connectivity index (χ1) is 10.5. The van der Waals surface area contributed by atoms with E-state index in [1.165, 1.54) is 5.56 Å². The molecule has 0 aliphatic heterocycles. The van der Waals surface area contributed by atoms with Gasteiger partial charge in [0.15, 0.2) is 0 Å². The second kappa shape index (κ2) is 7.51. The number of benzene rings is 1. The smallest absolute Gasteiger partial charge is 0.270 e. The average molecular weight is 362 g/mol. The molecule has 0 saturated carbocycles. The summed E-state index contributed by atoms with van der Waals surface area (Å²) in [6.45, 7) is 2.01. The number of nitrogens with zero attached hydrogens (tertiary/aromatic N) is 2. The molecule has 1 heterocycles. The average Bonchev–Trinajstić information content (AvgIpc) is 2.48. The highest BCUT2D eigenvalue weighted by molar-refractivity contribution is 9.10. The minimum atomic E-state index is -0.164. The predicted octanol–water partition coefficient (Wildman–Crippen LogP) is 3.27. The summed E-state index contributed by atoms with van der Waals surface area (Å²) in [5.41, 5.74) is 1.59. The topological polar surface area (TPSA) is 45.2 Å². The number of hydrogen-bond acceptors (Lipinski definition) is 3. The van der Waals surface area contributed by atoms with E-state index in [-0.39, 0.29) is 18.0 Å². The highest BCUT2D eigenvalue weighted by Gasteiger charge is 2.23. The van der Waals surface area contributed by atoms with Crippen LogP contribution in [0.1, 0.15) is 29.0 Å².